The van der Waals surface area contributed by atoms with Crippen molar-refractivity contribution in [3.63, 3.8) is 0 Å². The van der Waals surface area contributed by atoms with Crippen LogP contribution in [0.1, 0.15) is 47.9 Å². The monoisotopic (exact) mass is 577 g/mol. The van der Waals surface area contributed by atoms with Crippen molar-refractivity contribution >= 4 is 35.0 Å². The van der Waals surface area contributed by atoms with E-state index in [4.69, 9.17) is 14.6 Å². The second-order valence-corrected chi connectivity index (χ2v) is 9.97. The minimum atomic E-state index is -0.985. The lowest BCUT2D eigenvalue weighted by atomic mass is 10.00. The SMILES string of the molecule is Cc1ccc2c(CCCC(=O)O)cn(CC(=O)O)c2c1/C=C/c1ccc(OCCCCOc2cccc(F)c2F)cc1. The first-order valence-electron chi connectivity index (χ1n) is 13.8. The predicted octanol–water partition coefficient (Wildman–Crippen LogP) is 7.13. The number of aryl methyl sites for hydroxylation is 2. The molecule has 0 saturated carbocycles. The van der Waals surface area contributed by atoms with E-state index in [-0.39, 0.29) is 25.3 Å². The Bertz CT molecular complexity index is 1580. The summed E-state index contributed by atoms with van der Waals surface area (Å²) in [6, 6.07) is 15.4. The Morgan fingerprint density at radius 2 is 1.62 bits per heavy atom. The number of fused-ring (bicyclic) bond motifs is 1. The van der Waals surface area contributed by atoms with Gasteiger partial charge in [-0.25, -0.2) is 4.39 Å². The fraction of sp³-hybridized carbons (Fsp3) is 0.273. The van der Waals surface area contributed by atoms with E-state index in [2.05, 4.69) is 0 Å². The summed E-state index contributed by atoms with van der Waals surface area (Å²) in [5, 5.41) is 19.4. The zero-order chi connectivity index (χ0) is 30.1. The molecule has 220 valence electrons. The molecule has 3 aromatic carbocycles. The highest BCUT2D eigenvalue weighted by Crippen LogP contribution is 2.30. The first kappa shape index (κ1) is 30.3. The highest BCUT2D eigenvalue weighted by atomic mass is 19.2. The molecule has 0 spiro atoms. The van der Waals surface area contributed by atoms with Gasteiger partial charge >= 0.3 is 11.9 Å². The van der Waals surface area contributed by atoms with Crippen LogP contribution in [0.2, 0.25) is 0 Å². The second-order valence-electron chi connectivity index (χ2n) is 9.97. The van der Waals surface area contributed by atoms with Crippen LogP contribution in [0.4, 0.5) is 8.78 Å². The van der Waals surface area contributed by atoms with E-state index >= 15 is 0 Å². The van der Waals surface area contributed by atoms with Crippen molar-refractivity contribution in [1.82, 2.24) is 4.57 Å². The molecule has 0 saturated heterocycles. The molecule has 0 aliphatic rings. The molecular weight excluding hydrogens is 544 g/mol. The Hall–Kier alpha value is -4.66. The smallest absolute Gasteiger partial charge is 0.323 e. The number of rotatable bonds is 15. The first-order valence-corrected chi connectivity index (χ1v) is 13.8. The number of carbonyl (C=O) groups is 2. The molecule has 4 rings (SSSR count). The molecule has 7 nitrogen and oxygen atoms in total. The molecule has 0 amide bonds. The maximum atomic E-state index is 13.6. The Morgan fingerprint density at radius 3 is 2.33 bits per heavy atom. The van der Waals surface area contributed by atoms with Crippen LogP contribution < -0.4 is 9.47 Å². The maximum Gasteiger partial charge on any atom is 0.323 e. The van der Waals surface area contributed by atoms with Crippen molar-refractivity contribution in [2.24, 2.45) is 0 Å². The predicted molar refractivity (Wildman–Crippen MR) is 157 cm³/mol. The van der Waals surface area contributed by atoms with E-state index in [9.17, 15) is 23.5 Å². The summed E-state index contributed by atoms with van der Waals surface area (Å²) >= 11 is 0. The van der Waals surface area contributed by atoms with Crippen LogP contribution >= 0.6 is 0 Å². The highest BCUT2D eigenvalue weighted by molar-refractivity contribution is 5.95. The van der Waals surface area contributed by atoms with Gasteiger partial charge in [0.2, 0.25) is 5.82 Å². The second kappa shape index (κ2) is 14.3. The minimum Gasteiger partial charge on any atom is -0.494 e. The topological polar surface area (TPSA) is 98.0 Å². The number of halogens is 2. The molecule has 42 heavy (non-hydrogen) atoms. The fourth-order valence-corrected chi connectivity index (χ4v) is 4.74. The Balaban J connectivity index is 1.37. The molecule has 0 radical (unpaired) electrons. The summed E-state index contributed by atoms with van der Waals surface area (Å²) < 4.78 is 39.7. The van der Waals surface area contributed by atoms with Crippen molar-refractivity contribution in [1.29, 1.82) is 0 Å². The van der Waals surface area contributed by atoms with Gasteiger partial charge in [-0.2, -0.15) is 4.39 Å². The van der Waals surface area contributed by atoms with Crippen LogP contribution in [0.25, 0.3) is 23.1 Å². The Morgan fingerprint density at radius 1 is 0.881 bits per heavy atom. The number of aromatic nitrogens is 1. The lowest BCUT2D eigenvalue weighted by molar-refractivity contribution is -0.138. The van der Waals surface area contributed by atoms with Crippen molar-refractivity contribution in [2.75, 3.05) is 13.2 Å². The summed E-state index contributed by atoms with van der Waals surface area (Å²) in [7, 11) is 0. The van der Waals surface area contributed by atoms with E-state index in [1.54, 1.807) is 4.57 Å². The molecule has 0 bridgehead atoms. The van der Waals surface area contributed by atoms with Crippen LogP contribution in [0.15, 0.2) is 60.8 Å². The fourth-order valence-electron chi connectivity index (χ4n) is 4.74. The van der Waals surface area contributed by atoms with Gasteiger partial charge in [-0.15, -0.1) is 0 Å². The highest BCUT2D eigenvalue weighted by Gasteiger charge is 2.15. The summed E-state index contributed by atoms with van der Waals surface area (Å²) in [5.74, 6) is -3.13. The van der Waals surface area contributed by atoms with Crippen molar-refractivity contribution in [3.8, 4) is 11.5 Å². The summed E-state index contributed by atoms with van der Waals surface area (Å²) in [4.78, 5) is 22.6. The number of hydrogen-bond acceptors (Lipinski definition) is 4. The average molecular weight is 578 g/mol. The van der Waals surface area contributed by atoms with Crippen LogP contribution in [-0.2, 0) is 22.6 Å². The summed E-state index contributed by atoms with van der Waals surface area (Å²) in [6.45, 7) is 2.47. The van der Waals surface area contributed by atoms with Gasteiger partial charge in [0.15, 0.2) is 11.6 Å². The van der Waals surface area contributed by atoms with E-state index in [1.807, 2.05) is 61.7 Å². The van der Waals surface area contributed by atoms with Crippen LogP contribution in [0.5, 0.6) is 11.5 Å². The number of nitrogens with zero attached hydrogens (tertiary/aromatic N) is 1. The lowest BCUT2D eigenvalue weighted by Gasteiger charge is -2.09. The number of benzene rings is 3. The van der Waals surface area contributed by atoms with Gasteiger partial charge in [0.05, 0.1) is 18.7 Å². The zero-order valence-corrected chi connectivity index (χ0v) is 23.3. The van der Waals surface area contributed by atoms with E-state index in [0.29, 0.717) is 38.0 Å². The number of ether oxygens (including phenoxy) is 2. The molecular formula is C33H33F2NO6. The van der Waals surface area contributed by atoms with Gasteiger partial charge in [0.1, 0.15) is 12.3 Å². The summed E-state index contributed by atoms with van der Waals surface area (Å²) in [5.41, 5.74) is 4.56. The molecule has 9 heteroatoms. The van der Waals surface area contributed by atoms with Gasteiger partial charge in [-0.05, 0) is 73.6 Å². The lowest BCUT2D eigenvalue weighted by Crippen LogP contribution is -2.08. The average Bonchev–Trinajstić information content (AvgIpc) is 3.29. The van der Waals surface area contributed by atoms with Crippen molar-refractivity contribution in [2.45, 2.75) is 45.6 Å². The normalized spacial score (nSPS) is 11.3. The van der Waals surface area contributed by atoms with Gasteiger partial charge in [0.25, 0.3) is 0 Å². The molecule has 0 unspecified atom stereocenters. The molecule has 0 aliphatic carbocycles. The van der Waals surface area contributed by atoms with E-state index in [1.165, 1.54) is 12.1 Å². The molecule has 1 heterocycles. The van der Waals surface area contributed by atoms with Gasteiger partial charge < -0.3 is 24.3 Å². The van der Waals surface area contributed by atoms with Crippen molar-refractivity contribution in [3.05, 3.63) is 94.7 Å². The molecule has 0 aliphatic heterocycles. The first-order chi connectivity index (χ1) is 20.2. The number of unbranched alkanes of at least 4 members (excludes halogenated alkanes) is 1. The molecule has 2 N–H and O–H groups in total. The number of hydrogen-bond donors (Lipinski definition) is 2. The van der Waals surface area contributed by atoms with Crippen molar-refractivity contribution < 1.29 is 38.1 Å². The van der Waals surface area contributed by atoms with Gasteiger partial charge in [0, 0.05) is 23.6 Å². The molecule has 1 aromatic heterocycles. The minimum absolute atomic E-state index is 0.0517. The number of carboxylic acids is 2. The van der Waals surface area contributed by atoms with Gasteiger partial charge in [-0.1, -0.05) is 42.5 Å². The third kappa shape index (κ3) is 7.96. The van der Waals surface area contributed by atoms with E-state index in [0.717, 1.165) is 39.2 Å². The van der Waals surface area contributed by atoms with E-state index < -0.39 is 23.6 Å². The number of aliphatic carboxylic acids is 2. The maximum absolute atomic E-state index is 13.6. The van der Waals surface area contributed by atoms with Crippen LogP contribution in [0, 0.1) is 18.6 Å². The largest absolute Gasteiger partial charge is 0.494 e. The quantitative estimate of drug-likeness (QED) is 0.115. The zero-order valence-electron chi connectivity index (χ0n) is 23.3. The van der Waals surface area contributed by atoms with Gasteiger partial charge in [-0.3, -0.25) is 9.59 Å². The molecule has 4 aromatic rings. The molecule has 0 fully saturated rings. The Labute approximate surface area is 242 Å². The molecule has 0 atom stereocenters. The van der Waals surface area contributed by atoms with Crippen LogP contribution in [0.3, 0.4) is 0 Å². The van der Waals surface area contributed by atoms with Crippen LogP contribution in [-0.4, -0.2) is 39.9 Å². The summed E-state index contributed by atoms with van der Waals surface area (Å²) in [6.07, 6.45) is 8.10. The number of carboxylic acid groups (broad SMARTS) is 2. The Kier molecular flexibility index (Phi) is 10.3. The third-order valence-corrected chi connectivity index (χ3v) is 6.83. The third-order valence-electron chi connectivity index (χ3n) is 6.83. The standard InChI is InChI=1S/C33H33F2NO6/c1-22-10-16-27-24(6-4-9-30(37)38)20-36(21-31(39)40)33(27)26(22)17-13-23-11-14-25(15-12-23)41-18-2-3-19-42-29-8-5-7-28(34)32(29)35/h5,7-8,10-17,20H,2-4,6,9,18-19,21H2,1H3,(H,37,38)(H,39,40)/b17-13+.